The zero-order chi connectivity index (χ0) is 17.3. The molecular formula is C16H23N3O4S. The average Bonchev–Trinajstić information content (AvgIpc) is 2.85. The molecule has 2 heterocycles. The van der Waals surface area contributed by atoms with Crippen LogP contribution in [0.3, 0.4) is 0 Å². The number of hydrogen-bond acceptors (Lipinski definition) is 5. The van der Waals surface area contributed by atoms with Crippen molar-refractivity contribution in [1.82, 2.24) is 5.32 Å². The summed E-state index contributed by atoms with van der Waals surface area (Å²) in [5.74, 6) is 0.628. The number of primary sulfonamides is 1. The first kappa shape index (κ1) is 17.2. The number of piperidine rings is 1. The van der Waals surface area contributed by atoms with Crippen molar-refractivity contribution < 1.29 is 17.9 Å². The highest BCUT2D eigenvalue weighted by Gasteiger charge is 2.34. The highest BCUT2D eigenvalue weighted by Crippen LogP contribution is 2.33. The number of nitrogens with two attached hydrogens (primary N) is 1. The first-order chi connectivity index (χ1) is 11.3. The lowest BCUT2D eigenvalue weighted by atomic mass is 9.89. The summed E-state index contributed by atoms with van der Waals surface area (Å²) < 4.78 is 28.2. The van der Waals surface area contributed by atoms with Gasteiger partial charge in [-0.15, -0.1) is 0 Å². The van der Waals surface area contributed by atoms with Crippen LogP contribution in [-0.2, 0) is 14.8 Å². The molecule has 2 atom stereocenters. The van der Waals surface area contributed by atoms with Gasteiger partial charge in [0.05, 0.1) is 17.7 Å². The van der Waals surface area contributed by atoms with E-state index < -0.39 is 10.0 Å². The Morgan fingerprint density at radius 3 is 2.58 bits per heavy atom. The molecule has 0 spiro atoms. The van der Waals surface area contributed by atoms with E-state index in [1.165, 1.54) is 38.2 Å². The van der Waals surface area contributed by atoms with Crippen molar-refractivity contribution in [1.29, 1.82) is 0 Å². The Hall–Kier alpha value is -1.64. The van der Waals surface area contributed by atoms with Crippen LogP contribution in [0.2, 0.25) is 0 Å². The summed E-state index contributed by atoms with van der Waals surface area (Å²) in [7, 11) is -2.37. The van der Waals surface area contributed by atoms with E-state index in [2.05, 4.69) is 10.6 Å². The number of hydrogen-bond donors (Lipinski definition) is 3. The minimum atomic E-state index is -3.83. The molecular weight excluding hydrogens is 330 g/mol. The van der Waals surface area contributed by atoms with Crippen molar-refractivity contribution in [3.63, 3.8) is 0 Å². The normalized spacial score (nSPS) is 26.2. The van der Waals surface area contributed by atoms with Gasteiger partial charge in [-0.3, -0.25) is 4.79 Å². The van der Waals surface area contributed by atoms with Crippen molar-refractivity contribution in [3.8, 4) is 5.75 Å². The van der Waals surface area contributed by atoms with E-state index in [1.54, 1.807) is 0 Å². The smallest absolute Gasteiger partial charge is 0.238 e. The molecule has 0 aromatic heterocycles. The molecule has 2 bridgehead atoms. The number of rotatable bonds is 5. The minimum Gasteiger partial charge on any atom is -0.495 e. The number of fused-ring (bicyclic) bond motifs is 2. The zero-order valence-corrected chi connectivity index (χ0v) is 14.4. The highest BCUT2D eigenvalue weighted by atomic mass is 32.2. The summed E-state index contributed by atoms with van der Waals surface area (Å²) in [6.45, 7) is 0. The molecule has 4 N–H and O–H groups in total. The topological polar surface area (TPSA) is 111 Å². The van der Waals surface area contributed by atoms with Gasteiger partial charge < -0.3 is 15.4 Å². The van der Waals surface area contributed by atoms with Gasteiger partial charge in [0.2, 0.25) is 15.9 Å². The summed E-state index contributed by atoms with van der Waals surface area (Å²) >= 11 is 0. The number of carbonyl (C=O) groups excluding carboxylic acids is 1. The molecule has 7 nitrogen and oxygen atoms in total. The monoisotopic (exact) mass is 353 g/mol. The Morgan fingerprint density at radius 1 is 1.33 bits per heavy atom. The van der Waals surface area contributed by atoms with Crippen molar-refractivity contribution in [3.05, 3.63) is 18.2 Å². The zero-order valence-electron chi connectivity index (χ0n) is 13.6. The molecule has 0 radical (unpaired) electrons. The fraction of sp³-hybridized carbons (Fsp3) is 0.562. The Labute approximate surface area is 142 Å². The lowest BCUT2D eigenvalue weighted by Gasteiger charge is -2.28. The van der Waals surface area contributed by atoms with Crippen LogP contribution in [0, 0.1) is 5.92 Å². The minimum absolute atomic E-state index is 0.0569. The number of amides is 1. The molecule has 2 unspecified atom stereocenters. The molecule has 2 aliphatic heterocycles. The fourth-order valence-electron chi connectivity index (χ4n) is 3.77. The molecule has 1 aromatic carbocycles. The number of sulfonamides is 1. The van der Waals surface area contributed by atoms with Gasteiger partial charge in [0.25, 0.3) is 0 Å². The van der Waals surface area contributed by atoms with Gasteiger partial charge in [-0.05, 0) is 49.8 Å². The van der Waals surface area contributed by atoms with Crippen LogP contribution in [0.4, 0.5) is 5.69 Å². The van der Waals surface area contributed by atoms with E-state index in [-0.39, 0.29) is 10.8 Å². The van der Waals surface area contributed by atoms with Crippen LogP contribution in [0.1, 0.15) is 32.1 Å². The molecule has 2 saturated heterocycles. The molecule has 2 fully saturated rings. The number of anilines is 1. The molecule has 8 heteroatoms. The van der Waals surface area contributed by atoms with Gasteiger partial charge in [0, 0.05) is 18.5 Å². The Balaban J connectivity index is 1.69. The van der Waals surface area contributed by atoms with Crippen LogP contribution in [0.25, 0.3) is 0 Å². The quantitative estimate of drug-likeness (QED) is 0.737. The maximum Gasteiger partial charge on any atom is 0.238 e. The van der Waals surface area contributed by atoms with Gasteiger partial charge in [-0.1, -0.05) is 0 Å². The Morgan fingerprint density at radius 2 is 2.00 bits per heavy atom. The van der Waals surface area contributed by atoms with E-state index in [1.807, 2.05) is 0 Å². The van der Waals surface area contributed by atoms with Crippen molar-refractivity contribution in [2.45, 2.75) is 49.1 Å². The summed E-state index contributed by atoms with van der Waals surface area (Å²) in [5.41, 5.74) is 0.325. The Bertz CT molecular complexity index is 723. The maximum absolute atomic E-state index is 12.4. The molecule has 3 rings (SSSR count). The van der Waals surface area contributed by atoms with Crippen LogP contribution in [0.15, 0.2) is 23.1 Å². The van der Waals surface area contributed by atoms with E-state index >= 15 is 0 Å². The fourth-order valence-corrected chi connectivity index (χ4v) is 4.31. The number of benzene rings is 1. The van der Waals surface area contributed by atoms with E-state index in [9.17, 15) is 13.2 Å². The maximum atomic E-state index is 12.4. The third-order valence-electron chi connectivity index (χ3n) is 4.82. The van der Waals surface area contributed by atoms with Gasteiger partial charge in [0.1, 0.15) is 5.75 Å². The standard InChI is InChI=1S/C16H23N3O4S/c1-23-15-5-4-13(24(17,21)22)9-14(15)19-16(20)8-10-6-11-2-3-12(7-10)18-11/h4-5,9-12,18H,2-3,6-8H2,1H3,(H,19,20)(H2,17,21,22). The van der Waals surface area contributed by atoms with E-state index in [0.717, 1.165) is 12.8 Å². The molecule has 2 aliphatic rings. The molecule has 0 aliphatic carbocycles. The molecule has 132 valence electrons. The summed E-state index contributed by atoms with van der Waals surface area (Å²) in [5, 5.41) is 11.5. The summed E-state index contributed by atoms with van der Waals surface area (Å²) in [6.07, 6.45) is 4.83. The second kappa shape index (κ2) is 6.70. The first-order valence-corrected chi connectivity index (χ1v) is 9.66. The highest BCUT2D eigenvalue weighted by molar-refractivity contribution is 7.89. The lowest BCUT2D eigenvalue weighted by Crippen LogP contribution is -2.39. The average molecular weight is 353 g/mol. The van der Waals surface area contributed by atoms with Gasteiger partial charge >= 0.3 is 0 Å². The number of carbonyl (C=O) groups is 1. The molecule has 1 aromatic rings. The van der Waals surface area contributed by atoms with Crippen molar-refractivity contribution in [2.24, 2.45) is 11.1 Å². The van der Waals surface area contributed by atoms with E-state index in [4.69, 9.17) is 9.88 Å². The van der Waals surface area contributed by atoms with Gasteiger partial charge in [-0.2, -0.15) is 0 Å². The second-order valence-electron chi connectivity index (χ2n) is 6.63. The predicted molar refractivity (Wildman–Crippen MR) is 90.3 cm³/mol. The third kappa shape index (κ3) is 3.88. The molecule has 24 heavy (non-hydrogen) atoms. The lowest BCUT2D eigenvalue weighted by molar-refractivity contribution is -0.117. The number of methoxy groups -OCH3 is 1. The van der Waals surface area contributed by atoms with Crippen LogP contribution in [0.5, 0.6) is 5.75 Å². The first-order valence-electron chi connectivity index (χ1n) is 8.12. The number of nitrogens with one attached hydrogen (secondary N) is 2. The predicted octanol–water partition coefficient (Wildman–Crippen LogP) is 1.20. The van der Waals surface area contributed by atoms with Crippen LogP contribution < -0.4 is 20.5 Å². The number of ether oxygens (including phenoxy) is 1. The SMILES string of the molecule is COc1ccc(S(N)(=O)=O)cc1NC(=O)CC1CC2CCC(C1)N2. The van der Waals surface area contributed by atoms with Crippen molar-refractivity contribution >= 4 is 21.6 Å². The van der Waals surface area contributed by atoms with Crippen molar-refractivity contribution in [2.75, 3.05) is 12.4 Å². The van der Waals surface area contributed by atoms with Gasteiger partial charge in [0.15, 0.2) is 0 Å². The Kier molecular flexibility index (Phi) is 4.80. The van der Waals surface area contributed by atoms with Crippen LogP contribution >= 0.6 is 0 Å². The molecule has 0 saturated carbocycles. The largest absolute Gasteiger partial charge is 0.495 e. The third-order valence-corrected chi connectivity index (χ3v) is 5.73. The molecule has 1 amide bonds. The second-order valence-corrected chi connectivity index (χ2v) is 8.20. The summed E-state index contributed by atoms with van der Waals surface area (Å²) in [6, 6.07) is 5.23. The van der Waals surface area contributed by atoms with Crippen LogP contribution in [-0.4, -0.2) is 33.5 Å². The summed E-state index contributed by atoms with van der Waals surface area (Å²) in [4.78, 5) is 12.3. The van der Waals surface area contributed by atoms with E-state index in [0.29, 0.717) is 35.9 Å². The van der Waals surface area contributed by atoms with Gasteiger partial charge in [-0.25, -0.2) is 13.6 Å².